The molecule has 5 aromatic rings. The summed E-state index contributed by atoms with van der Waals surface area (Å²) in [5, 5.41) is 31.5. The summed E-state index contributed by atoms with van der Waals surface area (Å²) in [7, 11) is 2.58. The van der Waals surface area contributed by atoms with E-state index >= 15 is 0 Å². The Labute approximate surface area is 395 Å². The van der Waals surface area contributed by atoms with E-state index in [0.717, 1.165) is 50.8 Å². The van der Waals surface area contributed by atoms with Gasteiger partial charge in [-0.15, -0.1) is 11.3 Å². The second-order valence-electron chi connectivity index (χ2n) is 16.7. The van der Waals surface area contributed by atoms with E-state index in [4.69, 9.17) is 14.5 Å². The van der Waals surface area contributed by atoms with Gasteiger partial charge in [-0.1, -0.05) is 87.9 Å². The molecule has 6 rings (SSSR count). The predicted molar refractivity (Wildman–Crippen MR) is 254 cm³/mol. The number of hydrazine groups is 1. The molecule has 1 aliphatic heterocycles. The van der Waals surface area contributed by atoms with Crippen LogP contribution >= 0.6 is 11.3 Å². The van der Waals surface area contributed by atoms with Crippen molar-refractivity contribution in [1.29, 1.82) is 0 Å². The van der Waals surface area contributed by atoms with E-state index in [1.54, 1.807) is 22.2 Å². The van der Waals surface area contributed by atoms with Gasteiger partial charge in [0, 0.05) is 75.0 Å². The lowest BCUT2D eigenvalue weighted by atomic mass is 9.95. The highest BCUT2D eigenvalue weighted by Crippen LogP contribution is 2.28. The number of ether oxygens (including phenoxy) is 2. The van der Waals surface area contributed by atoms with Crippen LogP contribution in [0.2, 0.25) is 0 Å². The zero-order chi connectivity index (χ0) is 48.1. The van der Waals surface area contributed by atoms with Crippen LogP contribution in [0.5, 0.6) is 0 Å². The molecule has 0 aliphatic carbocycles. The van der Waals surface area contributed by atoms with E-state index in [-0.39, 0.29) is 38.0 Å². The summed E-state index contributed by atoms with van der Waals surface area (Å²) < 4.78 is 10.9. The first-order valence-corrected chi connectivity index (χ1v) is 23.3. The van der Waals surface area contributed by atoms with Crippen LogP contribution in [0.15, 0.2) is 103 Å². The maximum Gasteiger partial charge on any atom is 0.405 e. The lowest BCUT2D eigenvalue weighted by Crippen LogP contribution is -2.63. The zero-order valence-electron chi connectivity index (χ0n) is 38.8. The molecule has 356 valence electrons. The van der Waals surface area contributed by atoms with Crippen molar-refractivity contribution in [2.24, 2.45) is 5.92 Å². The topological polar surface area (TPSA) is 212 Å². The first-order valence-electron chi connectivity index (χ1n) is 22.4. The number of nitrogens with zero attached hydrogens (tertiary/aromatic N) is 6. The number of benzene rings is 2. The summed E-state index contributed by atoms with van der Waals surface area (Å²) in [6.45, 7) is 8.21. The van der Waals surface area contributed by atoms with Gasteiger partial charge in [-0.2, -0.15) is 0 Å². The standard InChI is InChI=1S/C49H61N9O8S/c1-7-32(3)42(58-25-24-56(48(58)64)29-38-31-67-46(52-38)36-21-23-50-37(8-2)27-36)44(60)53-40(26-33-14-10-9-11-15-33)41(59)30-57(55-45(61)43(54-47(62)63)49(4,65-5)66-6)28-34-17-19-35(20-18-34)39-16-12-13-22-51-39/h9-23,27,31-32,40-43,54,59H,7-8,24-26,28-30H2,1-6H3,(H,53,60)(H,55,61)(H,62,63)/t32-,40-,41-,42-,43+/m0/s1. The second-order valence-corrected chi connectivity index (χ2v) is 17.6. The number of hydrogen-bond donors (Lipinski definition) is 5. The maximum absolute atomic E-state index is 14.7. The highest BCUT2D eigenvalue weighted by Gasteiger charge is 2.43. The normalized spacial score (nSPS) is 15.2. The highest BCUT2D eigenvalue weighted by molar-refractivity contribution is 7.13. The minimum atomic E-state index is -1.71. The number of aryl methyl sites for hydroxylation is 1. The number of thiazole rings is 1. The predicted octanol–water partition coefficient (Wildman–Crippen LogP) is 5.75. The molecule has 0 radical (unpaired) electrons. The number of hydrogen-bond acceptors (Lipinski definition) is 12. The van der Waals surface area contributed by atoms with Gasteiger partial charge in [0.2, 0.25) is 5.91 Å². The summed E-state index contributed by atoms with van der Waals surface area (Å²) in [4.78, 5) is 71.9. The first-order chi connectivity index (χ1) is 32.2. The van der Waals surface area contributed by atoms with Crippen LogP contribution in [0, 0.1) is 5.92 Å². The lowest BCUT2D eigenvalue weighted by Gasteiger charge is -2.37. The van der Waals surface area contributed by atoms with E-state index in [2.05, 4.69) is 26.0 Å². The number of amides is 5. The molecule has 3 aromatic heterocycles. The number of carbonyl (C=O) groups excluding carboxylic acids is 3. The van der Waals surface area contributed by atoms with Gasteiger partial charge >= 0.3 is 12.1 Å². The molecule has 17 nitrogen and oxygen atoms in total. The van der Waals surface area contributed by atoms with E-state index in [9.17, 15) is 29.4 Å². The van der Waals surface area contributed by atoms with Crippen molar-refractivity contribution in [2.45, 2.75) is 90.1 Å². The third-order valence-electron chi connectivity index (χ3n) is 12.2. The highest BCUT2D eigenvalue weighted by atomic mass is 32.1. The fourth-order valence-electron chi connectivity index (χ4n) is 8.00. The molecule has 0 saturated carbocycles. The molecule has 1 saturated heterocycles. The Morgan fingerprint density at radius 2 is 1.61 bits per heavy atom. The number of rotatable bonds is 23. The number of carboxylic acid groups (broad SMARTS) is 1. The lowest BCUT2D eigenvalue weighted by molar-refractivity contribution is -0.212. The SMILES string of the molecule is CCc1cc(-c2nc(CN3CCN([C@H](C(=O)N[C@@H](Cc4ccccc4)[C@@H](O)CN(Cc4ccc(-c5ccccn5)cc4)NC(=O)[C@@H](NC(=O)O)C(C)(OC)OC)[C@@H](C)CC)C3=O)cs2)ccn1. The average molecular weight is 936 g/mol. The molecule has 1 aliphatic rings. The first kappa shape index (κ1) is 50.1. The van der Waals surface area contributed by atoms with Crippen LogP contribution in [-0.4, -0.2) is 128 Å². The molecule has 67 heavy (non-hydrogen) atoms. The summed E-state index contributed by atoms with van der Waals surface area (Å²) >= 11 is 1.51. The minimum absolute atomic E-state index is 0.0597. The molecular formula is C49H61N9O8S. The Morgan fingerprint density at radius 3 is 2.27 bits per heavy atom. The van der Waals surface area contributed by atoms with Crippen LogP contribution in [0.1, 0.15) is 56.6 Å². The number of urea groups is 1. The summed E-state index contributed by atoms with van der Waals surface area (Å²) in [6.07, 6.45) is 2.30. The molecule has 0 unspecified atom stereocenters. The Bertz CT molecular complexity index is 2400. The van der Waals surface area contributed by atoms with Crippen LogP contribution in [-0.2, 0) is 45.0 Å². The number of methoxy groups -OCH3 is 2. The molecule has 2 aromatic carbocycles. The smallest absolute Gasteiger partial charge is 0.405 e. The number of aliphatic hydroxyl groups excluding tert-OH is 1. The summed E-state index contributed by atoms with van der Waals surface area (Å²) in [5.41, 5.74) is 8.70. The maximum atomic E-state index is 14.7. The molecule has 1 fully saturated rings. The van der Waals surface area contributed by atoms with Crippen molar-refractivity contribution in [3.05, 3.63) is 125 Å². The largest absolute Gasteiger partial charge is 0.465 e. The van der Waals surface area contributed by atoms with Crippen LogP contribution in [0.3, 0.4) is 0 Å². The van der Waals surface area contributed by atoms with Gasteiger partial charge in [-0.25, -0.2) is 19.6 Å². The quantitative estimate of drug-likeness (QED) is 0.0392. The van der Waals surface area contributed by atoms with Crippen molar-refractivity contribution >= 4 is 35.3 Å². The van der Waals surface area contributed by atoms with Crippen molar-refractivity contribution < 1.29 is 38.9 Å². The fourth-order valence-corrected chi connectivity index (χ4v) is 8.81. The van der Waals surface area contributed by atoms with Crippen molar-refractivity contribution in [3.63, 3.8) is 0 Å². The number of carbonyl (C=O) groups is 4. The zero-order valence-corrected chi connectivity index (χ0v) is 39.6. The minimum Gasteiger partial charge on any atom is -0.465 e. The second kappa shape index (κ2) is 23.4. The molecular weight excluding hydrogens is 875 g/mol. The van der Waals surface area contributed by atoms with E-state index in [1.807, 2.05) is 111 Å². The van der Waals surface area contributed by atoms with Crippen molar-refractivity contribution in [3.8, 4) is 21.8 Å². The van der Waals surface area contributed by atoms with E-state index in [1.165, 1.54) is 37.5 Å². The number of pyridine rings is 2. The molecule has 18 heteroatoms. The van der Waals surface area contributed by atoms with E-state index in [0.29, 0.717) is 19.5 Å². The van der Waals surface area contributed by atoms with Gasteiger partial charge in [0.05, 0.1) is 30.1 Å². The average Bonchev–Trinajstić information content (AvgIpc) is 3.96. The number of aromatic nitrogens is 3. The van der Waals surface area contributed by atoms with Gasteiger partial charge in [-0.3, -0.25) is 25.0 Å². The van der Waals surface area contributed by atoms with Crippen molar-refractivity contribution in [2.75, 3.05) is 33.9 Å². The Balaban J connectivity index is 1.24. The van der Waals surface area contributed by atoms with Crippen LogP contribution in [0.4, 0.5) is 9.59 Å². The molecule has 4 heterocycles. The number of aliphatic hydroxyl groups is 1. The summed E-state index contributed by atoms with van der Waals surface area (Å²) in [6, 6.07) is 22.9. The molecule has 0 bridgehead atoms. The van der Waals surface area contributed by atoms with Gasteiger partial charge in [0.1, 0.15) is 11.0 Å². The van der Waals surface area contributed by atoms with Crippen LogP contribution in [0.25, 0.3) is 21.8 Å². The molecule has 5 amide bonds. The van der Waals surface area contributed by atoms with Gasteiger partial charge in [0.15, 0.2) is 11.8 Å². The van der Waals surface area contributed by atoms with Gasteiger partial charge in [0.25, 0.3) is 5.91 Å². The third-order valence-corrected chi connectivity index (χ3v) is 13.1. The molecule has 0 spiro atoms. The van der Waals surface area contributed by atoms with Crippen LogP contribution < -0.4 is 16.1 Å². The number of nitrogens with one attached hydrogen (secondary N) is 3. The third kappa shape index (κ3) is 13.0. The van der Waals surface area contributed by atoms with Gasteiger partial charge in [-0.05, 0) is 61.1 Å². The van der Waals surface area contributed by atoms with Crippen molar-refractivity contribution in [1.82, 2.24) is 45.8 Å². The monoisotopic (exact) mass is 935 g/mol. The Kier molecular flexibility index (Phi) is 17.5. The Hall–Kier alpha value is -6.31. The van der Waals surface area contributed by atoms with Gasteiger partial charge < -0.3 is 40.1 Å². The molecule has 5 N–H and O–H groups in total. The summed E-state index contributed by atoms with van der Waals surface area (Å²) in [5.74, 6) is -3.20. The fraction of sp³-hybridized carbons (Fsp3) is 0.408. The Morgan fingerprint density at radius 1 is 0.881 bits per heavy atom. The molecule has 5 atom stereocenters. The van der Waals surface area contributed by atoms with E-state index < -0.39 is 47.9 Å².